The van der Waals surface area contributed by atoms with E-state index >= 15 is 0 Å². The summed E-state index contributed by atoms with van der Waals surface area (Å²) in [6.07, 6.45) is 21.1. The molecule has 6 heteroatoms. The van der Waals surface area contributed by atoms with E-state index in [4.69, 9.17) is 24.6 Å². The van der Waals surface area contributed by atoms with Gasteiger partial charge in [-0.1, -0.05) is 70.3 Å². The third-order valence-corrected chi connectivity index (χ3v) is 6.14. The van der Waals surface area contributed by atoms with Crippen LogP contribution < -0.4 is 9.47 Å². The van der Waals surface area contributed by atoms with Crippen molar-refractivity contribution in [1.82, 2.24) is 0 Å². The number of aliphatic hydroxyl groups is 1. The van der Waals surface area contributed by atoms with E-state index in [2.05, 4.69) is 43.0 Å². The van der Waals surface area contributed by atoms with Gasteiger partial charge in [0.2, 0.25) is 6.79 Å². The lowest BCUT2D eigenvalue weighted by Crippen LogP contribution is -2.05. The first-order chi connectivity index (χ1) is 16.7. The molecule has 34 heavy (non-hydrogen) atoms. The number of benzene rings is 1. The van der Waals surface area contributed by atoms with Gasteiger partial charge < -0.3 is 19.3 Å². The van der Waals surface area contributed by atoms with E-state index in [0.29, 0.717) is 11.5 Å². The number of rotatable bonds is 13. The minimum Gasteiger partial charge on any atom is -0.467 e. The predicted molar refractivity (Wildman–Crippen MR) is 136 cm³/mol. The van der Waals surface area contributed by atoms with E-state index in [1.807, 2.05) is 12.1 Å². The van der Waals surface area contributed by atoms with Crippen molar-refractivity contribution in [1.29, 1.82) is 0 Å². The van der Waals surface area contributed by atoms with E-state index in [1.54, 1.807) is 6.07 Å². The van der Waals surface area contributed by atoms with Gasteiger partial charge in [-0.05, 0) is 66.9 Å². The molecule has 0 saturated heterocycles. The summed E-state index contributed by atoms with van der Waals surface area (Å²) in [5.41, 5.74) is 3.30. The fourth-order valence-electron chi connectivity index (χ4n) is 4.32. The molecule has 190 valence electrons. The molecule has 0 saturated carbocycles. The van der Waals surface area contributed by atoms with Gasteiger partial charge in [0.05, 0.1) is 0 Å². The minimum atomic E-state index is -0.417. The quantitative estimate of drug-likeness (QED) is 0.136. The van der Waals surface area contributed by atoms with Crippen LogP contribution >= 0.6 is 0 Å². The SMILES string of the molecule is CCCCCC1CC\C=C/C(c2cc(OCOO)cc(OCOCO)c2)=C(CC)\C=C\CCC1. The molecular weight excluding hydrogens is 432 g/mol. The molecule has 1 unspecified atom stereocenters. The normalized spacial score (nSPS) is 21.4. The molecule has 1 aliphatic rings. The second-order valence-corrected chi connectivity index (χ2v) is 8.65. The van der Waals surface area contributed by atoms with Gasteiger partial charge >= 0.3 is 0 Å². The Bertz CT molecular complexity index is 783. The highest BCUT2D eigenvalue weighted by atomic mass is 17.1. The highest BCUT2D eigenvalue weighted by molar-refractivity contribution is 5.79. The predicted octanol–water partition coefficient (Wildman–Crippen LogP) is 7.25. The van der Waals surface area contributed by atoms with Crippen LogP contribution in [-0.4, -0.2) is 30.7 Å². The Balaban J connectivity index is 2.33. The molecule has 0 bridgehead atoms. The van der Waals surface area contributed by atoms with Crippen molar-refractivity contribution in [3.05, 3.63) is 53.6 Å². The average molecular weight is 475 g/mol. The summed E-state index contributed by atoms with van der Waals surface area (Å²) in [6.45, 7) is 3.64. The van der Waals surface area contributed by atoms with Crippen LogP contribution in [-0.2, 0) is 9.62 Å². The summed E-state index contributed by atoms with van der Waals surface area (Å²) >= 11 is 0. The number of ether oxygens (including phenoxy) is 3. The number of aliphatic hydroxyl groups excluding tert-OH is 1. The lowest BCUT2D eigenvalue weighted by atomic mass is 9.89. The van der Waals surface area contributed by atoms with Crippen molar-refractivity contribution < 1.29 is 29.5 Å². The fraction of sp³-hybridized carbons (Fsp3) is 0.571. The summed E-state index contributed by atoms with van der Waals surface area (Å²) in [5, 5.41) is 17.6. The van der Waals surface area contributed by atoms with Gasteiger partial charge in [0.1, 0.15) is 18.3 Å². The molecule has 0 spiro atoms. The van der Waals surface area contributed by atoms with Crippen LogP contribution in [0.4, 0.5) is 0 Å². The Morgan fingerprint density at radius 3 is 2.38 bits per heavy atom. The summed E-state index contributed by atoms with van der Waals surface area (Å²) in [4.78, 5) is 4.09. The van der Waals surface area contributed by atoms with Gasteiger partial charge in [-0.25, -0.2) is 5.26 Å². The Morgan fingerprint density at radius 2 is 1.68 bits per heavy atom. The van der Waals surface area contributed by atoms with Crippen LogP contribution in [0.25, 0.3) is 5.57 Å². The largest absolute Gasteiger partial charge is 0.467 e. The maximum Gasteiger partial charge on any atom is 0.220 e. The van der Waals surface area contributed by atoms with Gasteiger partial charge in [-0.2, -0.15) is 4.89 Å². The molecular formula is C28H42O6. The van der Waals surface area contributed by atoms with Gasteiger partial charge in [0.25, 0.3) is 0 Å². The van der Waals surface area contributed by atoms with E-state index in [9.17, 15) is 0 Å². The first kappa shape index (κ1) is 28.1. The Hall–Kier alpha value is -2.12. The standard InChI is InChI=1S/C28H42O6/c1-3-5-7-12-23-13-8-6-9-15-24(4-2)28(16-11-10-14-23)25-17-26(32-21-31-20-29)19-27(18-25)33-22-34-30/h9,11,15-19,23,29-30H,3-8,10,12-14,20-22H2,1-2H3/b15-9+,16-11-,28-24+. The second-order valence-electron chi connectivity index (χ2n) is 8.65. The van der Waals surface area contributed by atoms with Gasteiger partial charge in [0, 0.05) is 6.07 Å². The Morgan fingerprint density at radius 1 is 0.912 bits per heavy atom. The molecule has 2 N–H and O–H groups in total. The van der Waals surface area contributed by atoms with E-state index in [0.717, 1.165) is 36.3 Å². The Labute approximate surface area is 204 Å². The van der Waals surface area contributed by atoms with Crippen LogP contribution in [0.1, 0.15) is 83.6 Å². The third kappa shape index (κ3) is 10.4. The average Bonchev–Trinajstić information content (AvgIpc) is 2.84. The molecule has 0 aliphatic heterocycles. The number of hydrogen-bond acceptors (Lipinski definition) is 6. The van der Waals surface area contributed by atoms with E-state index < -0.39 is 6.79 Å². The lowest BCUT2D eigenvalue weighted by molar-refractivity contribution is -0.278. The molecule has 1 atom stereocenters. The first-order valence-electron chi connectivity index (χ1n) is 12.6. The van der Waals surface area contributed by atoms with Crippen molar-refractivity contribution in [2.24, 2.45) is 5.92 Å². The number of allylic oxidation sites excluding steroid dienone is 6. The molecule has 0 amide bonds. The van der Waals surface area contributed by atoms with Gasteiger partial charge in [-0.3, -0.25) is 0 Å². The topological polar surface area (TPSA) is 77.4 Å². The minimum absolute atomic E-state index is 0.0786. The smallest absolute Gasteiger partial charge is 0.220 e. The van der Waals surface area contributed by atoms with Crippen molar-refractivity contribution in [3.8, 4) is 11.5 Å². The van der Waals surface area contributed by atoms with Crippen LogP contribution in [0.3, 0.4) is 0 Å². The van der Waals surface area contributed by atoms with Crippen LogP contribution in [0.5, 0.6) is 11.5 Å². The number of hydrogen-bond donors (Lipinski definition) is 2. The van der Waals surface area contributed by atoms with Crippen molar-refractivity contribution >= 4 is 5.57 Å². The summed E-state index contributed by atoms with van der Waals surface area (Å²) in [7, 11) is 0. The van der Waals surface area contributed by atoms with Crippen LogP contribution in [0.2, 0.25) is 0 Å². The molecule has 0 fully saturated rings. The molecule has 0 heterocycles. The Kier molecular flexibility index (Phi) is 14.3. The lowest BCUT2D eigenvalue weighted by Gasteiger charge is -2.17. The zero-order valence-electron chi connectivity index (χ0n) is 20.8. The maximum absolute atomic E-state index is 8.87. The van der Waals surface area contributed by atoms with E-state index in [1.165, 1.54) is 50.5 Å². The molecule has 0 aromatic heterocycles. The molecule has 1 aromatic rings. The van der Waals surface area contributed by atoms with Crippen molar-refractivity contribution in [2.45, 2.75) is 78.1 Å². The zero-order chi connectivity index (χ0) is 24.4. The number of unbranched alkanes of at least 4 members (excludes halogenated alkanes) is 2. The van der Waals surface area contributed by atoms with Crippen LogP contribution in [0.15, 0.2) is 48.1 Å². The molecule has 1 aliphatic carbocycles. The monoisotopic (exact) mass is 474 g/mol. The molecule has 2 rings (SSSR count). The summed E-state index contributed by atoms with van der Waals surface area (Å²) in [6, 6.07) is 5.56. The van der Waals surface area contributed by atoms with Crippen molar-refractivity contribution in [2.75, 3.05) is 20.4 Å². The zero-order valence-corrected chi connectivity index (χ0v) is 20.8. The highest BCUT2D eigenvalue weighted by Crippen LogP contribution is 2.32. The third-order valence-electron chi connectivity index (χ3n) is 6.14. The van der Waals surface area contributed by atoms with Crippen LogP contribution in [0, 0.1) is 5.92 Å². The highest BCUT2D eigenvalue weighted by Gasteiger charge is 2.12. The summed E-state index contributed by atoms with van der Waals surface area (Å²) in [5.74, 6) is 1.85. The molecule has 6 nitrogen and oxygen atoms in total. The fourth-order valence-corrected chi connectivity index (χ4v) is 4.32. The maximum atomic E-state index is 8.87. The second kappa shape index (κ2) is 17.3. The van der Waals surface area contributed by atoms with Gasteiger partial charge in [-0.15, -0.1) is 0 Å². The molecule has 0 radical (unpaired) electrons. The molecule has 1 aromatic carbocycles. The first-order valence-corrected chi connectivity index (χ1v) is 12.6. The summed E-state index contributed by atoms with van der Waals surface area (Å²) < 4.78 is 16.0. The van der Waals surface area contributed by atoms with E-state index in [-0.39, 0.29) is 13.6 Å². The van der Waals surface area contributed by atoms with Crippen molar-refractivity contribution in [3.63, 3.8) is 0 Å². The van der Waals surface area contributed by atoms with Gasteiger partial charge in [0.15, 0.2) is 6.79 Å².